The van der Waals surface area contributed by atoms with Gasteiger partial charge in [0.2, 0.25) is 0 Å². The van der Waals surface area contributed by atoms with Crippen molar-refractivity contribution in [3.8, 4) is 11.5 Å². The van der Waals surface area contributed by atoms with Gasteiger partial charge in [-0.25, -0.2) is 18.4 Å². The first-order chi connectivity index (χ1) is 38.2. The van der Waals surface area contributed by atoms with Crippen LogP contribution in [0.5, 0.6) is 11.5 Å². The highest BCUT2D eigenvalue weighted by Crippen LogP contribution is 2.22. The Morgan fingerprint density at radius 3 is 1.37 bits per heavy atom. The van der Waals surface area contributed by atoms with E-state index in [4.69, 9.17) is 39.6 Å². The van der Waals surface area contributed by atoms with Crippen LogP contribution in [0.2, 0.25) is 0 Å². The van der Waals surface area contributed by atoms with Gasteiger partial charge in [-0.15, -0.1) is 0 Å². The Hall–Kier alpha value is -5.20. The zero-order valence-corrected chi connectivity index (χ0v) is 34.8. The van der Waals surface area contributed by atoms with E-state index in [0.717, 1.165) is 77.4 Å². The molecule has 0 aliphatic carbocycles. The largest absolute Gasteiger partial charge is 0.493 e. The number of halogens is 2. The van der Waals surface area contributed by atoms with Crippen LogP contribution in [0, 0.1) is 23.4 Å². The van der Waals surface area contributed by atoms with E-state index in [1.807, 2.05) is 0 Å². The molecule has 2 saturated heterocycles. The normalized spacial score (nSPS) is 23.3. The Kier molecular flexibility index (Phi) is 10.2. The number of hydrogen-bond donors (Lipinski definition) is 2. The summed E-state index contributed by atoms with van der Waals surface area (Å²) in [5.41, 5.74) is -0.244. The van der Waals surface area contributed by atoms with Crippen molar-refractivity contribution >= 4 is 12.1 Å². The molecule has 2 N–H and O–H groups in total. The van der Waals surface area contributed by atoms with Crippen molar-refractivity contribution in [3.63, 3.8) is 0 Å². The second kappa shape index (κ2) is 24.4. The first-order valence-corrected chi connectivity index (χ1v) is 20.1. The fraction of sp³-hybridized carbons (Fsp3) is 0.480. The minimum absolute atomic E-state index is 0.0119. The van der Waals surface area contributed by atoms with E-state index in [2.05, 4.69) is 10.6 Å². The van der Waals surface area contributed by atoms with Gasteiger partial charge in [0.1, 0.15) is 23.1 Å². The van der Waals surface area contributed by atoms with Crippen molar-refractivity contribution in [2.24, 2.45) is 11.8 Å². The smallest absolute Gasteiger partial charge is 0.318 e. The molecule has 4 amide bonds. The van der Waals surface area contributed by atoms with E-state index >= 15 is 0 Å². The maximum absolute atomic E-state index is 13.6. The lowest BCUT2D eigenvalue weighted by molar-refractivity contribution is 0.126. The number of rotatable bonds is 16. The van der Waals surface area contributed by atoms with Crippen molar-refractivity contribution in [2.75, 3.05) is 53.2 Å². The second-order valence-electron chi connectivity index (χ2n) is 14.8. The molecule has 62 heavy (non-hydrogen) atoms. The Morgan fingerprint density at radius 1 is 0.645 bits per heavy atom. The molecule has 0 spiro atoms. The average molecular weight is 877 g/mol. The number of likely N-dealkylation sites (tertiary alicyclic amines) is 2. The van der Waals surface area contributed by atoms with E-state index in [1.54, 1.807) is 13.8 Å². The van der Waals surface area contributed by atoms with Gasteiger partial charge in [-0.3, -0.25) is 0 Å². The molecule has 2 aliphatic heterocycles. The van der Waals surface area contributed by atoms with Crippen LogP contribution in [-0.2, 0) is 26.0 Å². The summed E-state index contributed by atoms with van der Waals surface area (Å²) in [6.45, 7) is -18.4. The minimum atomic E-state index is -3.02. The zero-order chi connectivity index (χ0) is 63.6. The molecule has 4 aromatic carbocycles. The molecule has 2 fully saturated rings. The lowest BCUT2D eigenvalue weighted by Gasteiger charge is -2.37. The third-order valence-corrected chi connectivity index (χ3v) is 9.36. The molecule has 2 aliphatic rings. The SMILES string of the molecule is [2H]C([2H])(NC(=O)N(C1CCN(C([2H])([2H])[2H])CC1)C([2H])([2H])c1ccc(F)cc1)c1ccc(OC([2H])([2H])C(C)C)cc1.[2H]C([2H])(NC(=O)N(C1CCN(C([2H])([2H])[2H])CC1)C([2H])([2H])c1ccc(F)cc1)c1ccc(OC([2H])([2H])C([2H])(C)C([2H])([2H])[2H])cc1. The molecule has 0 aromatic heterocycles. The maximum atomic E-state index is 13.6. The number of hydrogen-bond acceptors (Lipinski definition) is 6. The first-order valence-electron chi connectivity index (χ1n) is 31.1. The van der Waals surface area contributed by atoms with Crippen LogP contribution in [0.25, 0.3) is 0 Å². The van der Waals surface area contributed by atoms with Gasteiger partial charge in [-0.1, -0.05) is 76.2 Å². The molecule has 1 atom stereocenters. The number of urea groups is 2. The minimum Gasteiger partial charge on any atom is -0.493 e. The molecular weight excluding hydrogens is 787 g/mol. The summed E-state index contributed by atoms with van der Waals surface area (Å²) in [5.74, 6) is -4.35. The standard InChI is InChI=1S/2C25H34FN3O2/c2*1-19(2)18-31-24-10-6-20(7-11-24)16-27-25(30)29(23-12-14-28(3)15-13-23)17-21-4-8-22(26)9-5-21/h2*4-11,19,23H,12-18H2,1-3H3,(H,27,30)/i1D3,3D3,16D2,17D2,18D2,19D;3D3,16D2,17D2,18D2. The van der Waals surface area contributed by atoms with Crippen molar-refractivity contribution in [2.45, 2.75) is 91.4 Å². The predicted octanol–water partition coefficient (Wildman–Crippen LogP) is 9.33. The van der Waals surface area contributed by atoms with Gasteiger partial charge in [0, 0.05) is 51.8 Å². The zero-order valence-electron chi connectivity index (χ0n) is 56.8. The van der Waals surface area contributed by atoms with Crippen LogP contribution < -0.4 is 20.1 Å². The summed E-state index contributed by atoms with van der Waals surface area (Å²) in [7, 11) is 0. The molecule has 4 aromatic rings. The monoisotopic (exact) mass is 877 g/mol. The number of carbonyl (C=O) groups excluding carboxylic acids is 2. The fourth-order valence-corrected chi connectivity index (χ4v) is 6.10. The third-order valence-electron chi connectivity index (χ3n) is 9.36. The van der Waals surface area contributed by atoms with Crippen LogP contribution in [0.3, 0.4) is 0 Å². The molecular formula is C50H68F2N6O4. The van der Waals surface area contributed by atoms with Crippen molar-refractivity contribution in [1.29, 1.82) is 0 Å². The molecule has 12 heteroatoms. The van der Waals surface area contributed by atoms with Gasteiger partial charge in [0.05, 0.1) is 29.6 Å². The number of piperidine rings is 2. The molecule has 2 heterocycles. The summed E-state index contributed by atoms with van der Waals surface area (Å²) in [5, 5.41) is 4.42. The summed E-state index contributed by atoms with van der Waals surface area (Å²) in [4.78, 5) is 31.4. The topological polar surface area (TPSA) is 89.6 Å². The first kappa shape index (κ1) is 25.8. The molecule has 10 nitrogen and oxygen atoms in total. The van der Waals surface area contributed by atoms with Gasteiger partial charge in [-0.05, 0) is 148 Å². The van der Waals surface area contributed by atoms with Crippen molar-refractivity contribution in [3.05, 3.63) is 131 Å². The predicted molar refractivity (Wildman–Crippen MR) is 243 cm³/mol. The van der Waals surface area contributed by atoms with E-state index < -0.39 is 108 Å². The molecule has 0 saturated carbocycles. The quantitative estimate of drug-likeness (QED) is 0.117. The molecule has 0 radical (unpaired) electrons. The highest BCUT2D eigenvalue weighted by Gasteiger charge is 2.28. The van der Waals surface area contributed by atoms with E-state index in [-0.39, 0.29) is 85.6 Å². The molecule has 0 bridgehead atoms. The molecule has 6 rings (SSSR count). The van der Waals surface area contributed by atoms with Gasteiger partial charge >= 0.3 is 12.1 Å². The lowest BCUT2D eigenvalue weighted by Crippen LogP contribution is -2.49. The molecule has 1 unspecified atom stereocenters. The van der Waals surface area contributed by atoms with Gasteiger partial charge in [0.15, 0.2) is 0 Å². The van der Waals surface area contributed by atoms with Crippen molar-refractivity contribution < 1.29 is 58.0 Å². The van der Waals surface area contributed by atoms with Crippen LogP contribution in [0.15, 0.2) is 97.1 Å². The number of ether oxygens (including phenoxy) is 2. The number of benzene rings is 4. The number of nitrogens with zero attached hydrogens (tertiary/aromatic N) is 4. The highest BCUT2D eigenvalue weighted by atomic mass is 19.1. The summed E-state index contributed by atoms with van der Waals surface area (Å²) in [6, 6.07) is 15.0. The van der Waals surface area contributed by atoms with Crippen LogP contribution in [0.1, 0.15) is 106 Å². The van der Waals surface area contributed by atoms with Crippen LogP contribution >= 0.6 is 0 Å². The van der Waals surface area contributed by atoms with E-state index in [0.29, 0.717) is 0 Å². The van der Waals surface area contributed by atoms with Gasteiger partial charge in [-0.2, -0.15) is 0 Å². The number of amides is 4. The fourth-order valence-electron chi connectivity index (χ4n) is 6.10. The summed E-state index contributed by atoms with van der Waals surface area (Å²) in [6.07, 6.45) is 0.377. The Labute approximate surface area is 399 Å². The van der Waals surface area contributed by atoms with E-state index in [1.165, 1.54) is 46.2 Å². The van der Waals surface area contributed by atoms with Crippen LogP contribution in [0.4, 0.5) is 18.4 Å². The van der Waals surface area contributed by atoms with Gasteiger partial charge < -0.3 is 39.7 Å². The van der Waals surface area contributed by atoms with Gasteiger partial charge in [0.25, 0.3) is 0 Å². The second-order valence-corrected chi connectivity index (χ2v) is 14.8. The highest BCUT2D eigenvalue weighted by molar-refractivity contribution is 5.75. The summed E-state index contributed by atoms with van der Waals surface area (Å²) >= 11 is 0. The number of nitrogens with one attached hydrogen (secondary N) is 2. The Balaban J connectivity index is 0.000000309. The number of carbonyl (C=O) groups is 2. The lowest BCUT2D eigenvalue weighted by atomic mass is 10.0. The molecule has 336 valence electrons. The van der Waals surface area contributed by atoms with Crippen LogP contribution in [-0.4, -0.2) is 97.0 Å². The van der Waals surface area contributed by atoms with Crippen molar-refractivity contribution in [1.82, 2.24) is 30.2 Å². The Morgan fingerprint density at radius 2 is 1.02 bits per heavy atom. The maximum Gasteiger partial charge on any atom is 0.318 e. The van der Waals surface area contributed by atoms with E-state index in [9.17, 15) is 18.4 Å². The third kappa shape index (κ3) is 16.2. The Bertz CT molecular complexity index is 2830. The average Bonchev–Trinajstić information content (AvgIpc) is 2.59. The summed E-state index contributed by atoms with van der Waals surface area (Å²) < 4.78 is 215.